The van der Waals surface area contributed by atoms with Crippen LogP contribution in [-0.2, 0) is 19.4 Å². The maximum atomic E-state index is 13.8. The third-order valence-electron chi connectivity index (χ3n) is 9.44. The minimum Gasteiger partial charge on any atom is -0.453 e. The van der Waals surface area contributed by atoms with Gasteiger partial charge in [0.1, 0.15) is 12.1 Å². The van der Waals surface area contributed by atoms with Crippen LogP contribution >= 0.6 is 11.6 Å². The lowest BCUT2D eigenvalue weighted by Crippen LogP contribution is -2.59. The van der Waals surface area contributed by atoms with Crippen molar-refractivity contribution in [2.24, 2.45) is 11.8 Å². The zero-order chi connectivity index (χ0) is 34.4. The number of rotatable bonds is 8. The molecule has 1 saturated heterocycles. The van der Waals surface area contributed by atoms with Crippen LogP contribution in [0, 0.1) is 29.3 Å². The van der Waals surface area contributed by atoms with Gasteiger partial charge in [-0.1, -0.05) is 11.6 Å². The molecule has 2 aliphatic carbocycles. The van der Waals surface area contributed by atoms with Gasteiger partial charge in [-0.15, -0.1) is 0 Å². The second-order valence-electron chi connectivity index (χ2n) is 12.1. The Kier molecular flexibility index (Phi) is 9.81. The number of nitrogens with one attached hydrogen (secondary N) is 2. The summed E-state index contributed by atoms with van der Waals surface area (Å²) in [6.07, 6.45) is -2.61. The lowest BCUT2D eigenvalue weighted by Gasteiger charge is -2.45. The molecule has 5 rings (SSSR count). The molecule has 1 aliphatic heterocycles. The van der Waals surface area contributed by atoms with Crippen molar-refractivity contribution in [3.05, 3.63) is 58.4 Å². The minimum atomic E-state index is -4.22. The van der Waals surface area contributed by atoms with Gasteiger partial charge in [0.05, 0.1) is 40.5 Å². The summed E-state index contributed by atoms with van der Waals surface area (Å²) in [4.78, 5) is 38.4. The molecule has 5 N–H and O–H groups in total. The van der Waals surface area contributed by atoms with Crippen molar-refractivity contribution in [1.82, 2.24) is 10.2 Å². The van der Waals surface area contributed by atoms with Crippen LogP contribution in [0.2, 0.25) is 5.02 Å². The van der Waals surface area contributed by atoms with Crippen molar-refractivity contribution < 1.29 is 56.0 Å². The molecule has 0 spiro atoms. The van der Waals surface area contributed by atoms with E-state index in [4.69, 9.17) is 11.6 Å². The van der Waals surface area contributed by atoms with Crippen LogP contribution in [0.25, 0.3) is 0 Å². The third kappa shape index (κ3) is 6.53. The number of hydrogen-bond donors (Lipinski definition) is 5. The van der Waals surface area contributed by atoms with E-state index in [9.17, 15) is 51.3 Å². The summed E-state index contributed by atoms with van der Waals surface area (Å²) in [6.45, 7) is -0.505. The summed E-state index contributed by atoms with van der Waals surface area (Å²) in [6, 6.07) is 3.50. The van der Waals surface area contributed by atoms with Gasteiger partial charge in [-0.05, 0) is 55.7 Å². The van der Waals surface area contributed by atoms with E-state index < -0.39 is 98.4 Å². The molecule has 12 nitrogen and oxygen atoms in total. The smallest absolute Gasteiger partial charge is 0.410 e. The molecular weight excluding hydrogens is 671 g/mol. The van der Waals surface area contributed by atoms with E-state index in [1.807, 2.05) is 0 Å². The molecular formula is C30H33ClF3N3O9S. The number of nitrogens with zero attached hydrogens (tertiary/aromatic N) is 1. The van der Waals surface area contributed by atoms with Crippen molar-refractivity contribution in [3.8, 4) is 0 Å². The van der Waals surface area contributed by atoms with Crippen LogP contribution in [0.3, 0.4) is 0 Å². The average molecular weight is 704 g/mol. The topological polar surface area (TPSA) is 183 Å². The van der Waals surface area contributed by atoms with Gasteiger partial charge in [0, 0.05) is 36.3 Å². The molecule has 2 aromatic carbocycles. The summed E-state index contributed by atoms with van der Waals surface area (Å²) >= 11 is 6.26. The summed E-state index contributed by atoms with van der Waals surface area (Å²) in [5.74, 6) is -7.73. The number of fused-ring (bicyclic) bond motifs is 2. The fourth-order valence-electron chi connectivity index (χ4n) is 7.07. The van der Waals surface area contributed by atoms with Gasteiger partial charge in [0.15, 0.2) is 27.3 Å². The van der Waals surface area contributed by atoms with Crippen molar-refractivity contribution in [3.63, 3.8) is 0 Å². The van der Waals surface area contributed by atoms with Gasteiger partial charge in [0.2, 0.25) is 5.91 Å². The quantitative estimate of drug-likeness (QED) is 0.258. The SMILES string of the molecule is COC(=O)N1C[C@H](O)C[C@H]1C(=O)NCC(O)[C@@]1(O)C2CC[C@H]1C[C@H](S(=O)(=O)c1cc(C(=O)Nc3cc(F)c(F)c(F)c3)ccc1Cl)C2. The fraction of sp³-hybridized carbons (Fsp3) is 0.500. The fourth-order valence-corrected chi connectivity index (χ4v) is 9.47. The van der Waals surface area contributed by atoms with Crippen LogP contribution in [-0.4, -0.2) is 95.8 Å². The molecule has 17 heteroatoms. The highest BCUT2D eigenvalue weighted by molar-refractivity contribution is 7.92. The number of sulfone groups is 1. The number of benzene rings is 2. The van der Waals surface area contributed by atoms with E-state index >= 15 is 0 Å². The van der Waals surface area contributed by atoms with Gasteiger partial charge < -0.3 is 30.7 Å². The lowest BCUT2D eigenvalue weighted by molar-refractivity contribution is -0.144. The monoisotopic (exact) mass is 703 g/mol. The highest BCUT2D eigenvalue weighted by atomic mass is 35.5. The molecule has 7 atom stereocenters. The highest BCUT2D eigenvalue weighted by Gasteiger charge is 2.59. The molecule has 0 radical (unpaired) electrons. The Hall–Kier alpha value is -3.44. The number of anilines is 1. The van der Waals surface area contributed by atoms with Crippen LogP contribution < -0.4 is 10.6 Å². The first-order valence-corrected chi connectivity index (χ1v) is 16.7. The number of aliphatic hydroxyl groups excluding tert-OH is 2. The zero-order valence-electron chi connectivity index (χ0n) is 25.0. The Morgan fingerprint density at radius 1 is 1.09 bits per heavy atom. The molecule has 2 aromatic rings. The molecule has 2 bridgehead atoms. The number of hydrogen-bond acceptors (Lipinski definition) is 9. The molecule has 3 fully saturated rings. The number of amides is 3. The van der Waals surface area contributed by atoms with E-state index in [1.165, 1.54) is 12.1 Å². The third-order valence-corrected chi connectivity index (χ3v) is 12.1. The summed E-state index contributed by atoms with van der Waals surface area (Å²) in [5.41, 5.74) is -2.34. The van der Waals surface area contributed by atoms with Crippen LogP contribution in [0.5, 0.6) is 0 Å². The van der Waals surface area contributed by atoms with Gasteiger partial charge in [-0.3, -0.25) is 14.5 Å². The maximum absolute atomic E-state index is 13.8. The number of halogens is 4. The number of methoxy groups -OCH3 is 1. The van der Waals surface area contributed by atoms with Crippen LogP contribution in [0.4, 0.5) is 23.7 Å². The minimum absolute atomic E-state index is 0.0408. The lowest BCUT2D eigenvalue weighted by atomic mass is 9.71. The first kappa shape index (κ1) is 34.9. The molecule has 3 aliphatic rings. The first-order chi connectivity index (χ1) is 22.1. The number of aliphatic hydroxyl groups is 3. The van der Waals surface area contributed by atoms with Gasteiger partial charge >= 0.3 is 6.09 Å². The predicted molar refractivity (Wildman–Crippen MR) is 160 cm³/mol. The molecule has 1 heterocycles. The zero-order valence-corrected chi connectivity index (χ0v) is 26.5. The van der Waals surface area contributed by atoms with E-state index in [1.54, 1.807) is 0 Å². The van der Waals surface area contributed by atoms with E-state index in [0.29, 0.717) is 25.0 Å². The summed E-state index contributed by atoms with van der Waals surface area (Å²) < 4.78 is 72.9. The summed E-state index contributed by atoms with van der Waals surface area (Å²) in [5, 5.41) is 36.2. The number of β-amino-alcohol motifs (C(OH)–C–C–N with tert-alkyl or cyclic N) is 1. The van der Waals surface area contributed by atoms with Crippen LogP contribution in [0.15, 0.2) is 35.2 Å². The largest absolute Gasteiger partial charge is 0.453 e. The Labute approximate surface area is 272 Å². The van der Waals surface area contributed by atoms with Gasteiger partial charge in [-0.25, -0.2) is 26.4 Å². The Morgan fingerprint density at radius 2 is 1.70 bits per heavy atom. The molecule has 47 heavy (non-hydrogen) atoms. The standard InChI is InChI=1S/C30H33ClF3N3O9S/c1-46-29(42)37-13-18(38)11-23(37)28(41)35-12-25(39)30(43)15-3-4-16(30)8-19(7-15)47(44,45)24-6-14(2-5-20(24)31)27(40)36-17-9-21(32)26(34)22(33)10-17/h2,5-6,9-10,15-16,18-19,23,25,38-39,43H,3-4,7-8,11-13H2,1H3,(H,35,41)(H,36,40)/t15-,16?,18+,19-,23-,25?,30-/m0/s1. The molecule has 2 saturated carbocycles. The molecule has 0 aromatic heterocycles. The second-order valence-corrected chi connectivity index (χ2v) is 14.7. The first-order valence-electron chi connectivity index (χ1n) is 14.8. The van der Waals surface area contributed by atoms with Crippen molar-refractivity contribution in [2.75, 3.05) is 25.5 Å². The van der Waals surface area contributed by atoms with E-state index in [2.05, 4.69) is 15.4 Å². The summed E-state index contributed by atoms with van der Waals surface area (Å²) in [7, 11) is -3.08. The van der Waals surface area contributed by atoms with Crippen molar-refractivity contribution in [1.29, 1.82) is 0 Å². The molecule has 3 amide bonds. The second kappa shape index (κ2) is 13.2. The molecule has 256 valence electrons. The normalized spacial score (nSPS) is 27.7. The van der Waals surface area contributed by atoms with Crippen molar-refractivity contribution >= 4 is 45.0 Å². The van der Waals surface area contributed by atoms with Crippen LogP contribution in [0.1, 0.15) is 42.5 Å². The Morgan fingerprint density at radius 3 is 2.30 bits per heavy atom. The molecule has 2 unspecified atom stereocenters. The van der Waals surface area contributed by atoms with E-state index in [0.717, 1.165) is 18.1 Å². The predicted octanol–water partition coefficient (Wildman–Crippen LogP) is 2.38. The Balaban J connectivity index is 1.27. The number of ether oxygens (including phenoxy) is 1. The maximum Gasteiger partial charge on any atom is 0.410 e. The van der Waals surface area contributed by atoms with Crippen molar-refractivity contribution in [2.45, 2.75) is 66.1 Å². The number of carbonyl (C=O) groups excluding carboxylic acids is 3. The number of likely N-dealkylation sites (tertiary alicyclic amines) is 1. The Bertz CT molecular complexity index is 1660. The number of carbonyl (C=O) groups is 3. The van der Waals surface area contributed by atoms with Gasteiger partial charge in [0.25, 0.3) is 5.91 Å². The highest BCUT2D eigenvalue weighted by Crippen LogP contribution is 2.53. The average Bonchev–Trinajstić information content (AvgIpc) is 3.46. The van der Waals surface area contributed by atoms with Gasteiger partial charge in [-0.2, -0.15) is 0 Å². The van der Waals surface area contributed by atoms with E-state index in [-0.39, 0.29) is 41.3 Å².